The second kappa shape index (κ2) is 6.22. The van der Waals surface area contributed by atoms with Gasteiger partial charge in [-0.25, -0.2) is 0 Å². The summed E-state index contributed by atoms with van der Waals surface area (Å²) in [7, 11) is 3.94. The van der Waals surface area contributed by atoms with Crippen LogP contribution in [0.3, 0.4) is 0 Å². The summed E-state index contributed by atoms with van der Waals surface area (Å²) in [5.74, 6) is 0. The number of hydrogen-bond donors (Lipinski definition) is 1. The van der Waals surface area contributed by atoms with Crippen LogP contribution in [0.4, 0.5) is 0 Å². The van der Waals surface area contributed by atoms with Crippen molar-refractivity contribution in [1.82, 2.24) is 15.1 Å². The van der Waals surface area contributed by atoms with Crippen LogP contribution in [-0.2, 0) is 19.9 Å². The third-order valence-electron chi connectivity index (χ3n) is 3.43. The van der Waals surface area contributed by atoms with Gasteiger partial charge < -0.3 is 5.32 Å². The first kappa shape index (κ1) is 14.1. The summed E-state index contributed by atoms with van der Waals surface area (Å²) in [6.45, 7) is 1.94. The van der Waals surface area contributed by atoms with Crippen LogP contribution in [0.15, 0.2) is 30.3 Å². The number of aryl methyl sites for hydroxylation is 2. The summed E-state index contributed by atoms with van der Waals surface area (Å²) in [6, 6.07) is 10.8. The highest BCUT2D eigenvalue weighted by atomic mass is 35.5. The van der Waals surface area contributed by atoms with Crippen LogP contribution in [0.2, 0.25) is 5.02 Å². The molecule has 1 heterocycles. The first-order valence-corrected chi connectivity index (χ1v) is 6.88. The van der Waals surface area contributed by atoms with Crippen molar-refractivity contribution in [2.24, 2.45) is 7.05 Å². The number of benzene rings is 1. The van der Waals surface area contributed by atoms with E-state index in [4.69, 9.17) is 11.6 Å². The zero-order valence-electron chi connectivity index (χ0n) is 11.7. The van der Waals surface area contributed by atoms with Gasteiger partial charge in [0, 0.05) is 19.5 Å². The Labute approximate surface area is 119 Å². The maximum absolute atomic E-state index is 6.31. The first-order chi connectivity index (χ1) is 9.11. The van der Waals surface area contributed by atoms with Crippen molar-refractivity contribution < 1.29 is 0 Å². The topological polar surface area (TPSA) is 29.9 Å². The van der Waals surface area contributed by atoms with Crippen molar-refractivity contribution in [3.8, 4) is 0 Å². The fourth-order valence-electron chi connectivity index (χ4n) is 2.31. The van der Waals surface area contributed by atoms with Gasteiger partial charge in [0.15, 0.2) is 0 Å². The molecule has 102 valence electrons. The molecule has 0 bridgehead atoms. The predicted molar refractivity (Wildman–Crippen MR) is 79.7 cm³/mol. The number of hydrogen-bond acceptors (Lipinski definition) is 2. The molecule has 0 radical (unpaired) electrons. The average Bonchev–Trinajstić information content (AvgIpc) is 2.65. The molecule has 2 aromatic rings. The molecule has 0 aliphatic rings. The van der Waals surface area contributed by atoms with Gasteiger partial charge in [0.25, 0.3) is 0 Å². The van der Waals surface area contributed by atoms with Crippen LogP contribution < -0.4 is 5.32 Å². The van der Waals surface area contributed by atoms with Gasteiger partial charge in [0.2, 0.25) is 0 Å². The van der Waals surface area contributed by atoms with E-state index in [1.165, 1.54) is 5.56 Å². The summed E-state index contributed by atoms with van der Waals surface area (Å²) in [4.78, 5) is 0. The number of aromatic nitrogens is 2. The Morgan fingerprint density at radius 2 is 1.95 bits per heavy atom. The molecule has 19 heavy (non-hydrogen) atoms. The molecular weight excluding hydrogens is 258 g/mol. The molecule has 0 saturated heterocycles. The van der Waals surface area contributed by atoms with E-state index in [0.29, 0.717) is 6.04 Å². The molecule has 0 aliphatic heterocycles. The highest BCUT2D eigenvalue weighted by Gasteiger charge is 2.16. The predicted octanol–water partition coefficient (Wildman–Crippen LogP) is 2.76. The molecular formula is C15H20ClN3. The van der Waals surface area contributed by atoms with Crippen molar-refractivity contribution in [1.29, 1.82) is 0 Å². The molecule has 0 aliphatic carbocycles. The van der Waals surface area contributed by atoms with Crippen LogP contribution >= 0.6 is 11.6 Å². The van der Waals surface area contributed by atoms with Crippen molar-refractivity contribution in [2.45, 2.75) is 25.8 Å². The zero-order valence-corrected chi connectivity index (χ0v) is 12.4. The van der Waals surface area contributed by atoms with E-state index in [-0.39, 0.29) is 0 Å². The van der Waals surface area contributed by atoms with Crippen molar-refractivity contribution in [3.63, 3.8) is 0 Å². The molecule has 4 heteroatoms. The summed E-state index contributed by atoms with van der Waals surface area (Å²) in [5.41, 5.74) is 3.32. The Hall–Kier alpha value is -1.32. The minimum absolute atomic E-state index is 0.356. The van der Waals surface area contributed by atoms with Crippen LogP contribution in [0.1, 0.15) is 17.0 Å². The minimum atomic E-state index is 0.356. The SMILES string of the molecule is CNC(Cc1ccccc1)Cc1c(Cl)c(C)nn1C. The second-order valence-electron chi connectivity index (χ2n) is 4.85. The molecule has 3 nitrogen and oxygen atoms in total. The lowest BCUT2D eigenvalue weighted by Gasteiger charge is -2.16. The standard InChI is InChI=1S/C15H20ClN3/c1-11-15(16)14(19(3)18-11)10-13(17-2)9-12-7-5-4-6-8-12/h4-8,13,17H,9-10H2,1-3H3. The van der Waals surface area contributed by atoms with Crippen molar-refractivity contribution >= 4 is 11.6 Å². The van der Waals surface area contributed by atoms with Crippen molar-refractivity contribution in [2.75, 3.05) is 7.05 Å². The molecule has 2 rings (SSSR count). The summed E-state index contributed by atoms with van der Waals surface area (Å²) < 4.78 is 1.88. The van der Waals surface area contributed by atoms with Crippen LogP contribution in [0.25, 0.3) is 0 Å². The van der Waals surface area contributed by atoms with Gasteiger partial charge in [0.1, 0.15) is 0 Å². The Kier molecular flexibility index (Phi) is 4.61. The molecule has 1 atom stereocenters. The Morgan fingerprint density at radius 3 is 2.47 bits per heavy atom. The lowest BCUT2D eigenvalue weighted by Crippen LogP contribution is -2.30. The maximum atomic E-state index is 6.31. The zero-order chi connectivity index (χ0) is 13.8. The highest BCUT2D eigenvalue weighted by molar-refractivity contribution is 6.31. The summed E-state index contributed by atoms with van der Waals surface area (Å²) in [6.07, 6.45) is 1.86. The van der Waals surface area contributed by atoms with E-state index < -0.39 is 0 Å². The van der Waals surface area contributed by atoms with Crippen LogP contribution in [0.5, 0.6) is 0 Å². The van der Waals surface area contributed by atoms with Gasteiger partial charge in [0.05, 0.1) is 16.4 Å². The first-order valence-electron chi connectivity index (χ1n) is 6.51. The maximum Gasteiger partial charge on any atom is 0.0847 e. The van der Waals surface area contributed by atoms with E-state index in [2.05, 4.69) is 34.7 Å². The van der Waals surface area contributed by atoms with Gasteiger partial charge in [-0.05, 0) is 26.0 Å². The minimum Gasteiger partial charge on any atom is -0.316 e. The molecule has 1 unspecified atom stereocenters. The summed E-state index contributed by atoms with van der Waals surface area (Å²) >= 11 is 6.31. The quantitative estimate of drug-likeness (QED) is 0.911. The fourth-order valence-corrected chi connectivity index (χ4v) is 2.55. The monoisotopic (exact) mass is 277 g/mol. The lowest BCUT2D eigenvalue weighted by atomic mass is 10.0. The number of likely N-dealkylation sites (N-methyl/N-ethyl adjacent to an activating group) is 1. The molecule has 0 fully saturated rings. The second-order valence-corrected chi connectivity index (χ2v) is 5.23. The largest absolute Gasteiger partial charge is 0.316 e. The van der Waals surface area contributed by atoms with E-state index in [1.54, 1.807) is 0 Å². The number of rotatable bonds is 5. The van der Waals surface area contributed by atoms with E-state index in [9.17, 15) is 0 Å². The van der Waals surface area contributed by atoms with Gasteiger partial charge in [-0.1, -0.05) is 41.9 Å². The van der Waals surface area contributed by atoms with Crippen molar-refractivity contribution in [3.05, 3.63) is 52.3 Å². The molecule has 0 saturated carbocycles. The molecule has 1 N–H and O–H groups in total. The molecule has 0 amide bonds. The van der Waals surface area contributed by atoms with E-state index in [0.717, 1.165) is 29.3 Å². The Morgan fingerprint density at radius 1 is 1.26 bits per heavy atom. The number of halogens is 1. The third-order valence-corrected chi connectivity index (χ3v) is 3.93. The number of nitrogens with zero attached hydrogens (tertiary/aromatic N) is 2. The summed E-state index contributed by atoms with van der Waals surface area (Å²) in [5, 5.41) is 8.51. The van der Waals surface area contributed by atoms with E-state index in [1.807, 2.05) is 31.8 Å². The van der Waals surface area contributed by atoms with Gasteiger partial charge >= 0.3 is 0 Å². The molecule has 0 spiro atoms. The van der Waals surface area contributed by atoms with Gasteiger partial charge in [-0.2, -0.15) is 5.10 Å². The highest BCUT2D eigenvalue weighted by Crippen LogP contribution is 2.21. The van der Waals surface area contributed by atoms with Crippen LogP contribution in [-0.4, -0.2) is 22.9 Å². The Balaban J connectivity index is 2.11. The molecule has 1 aromatic carbocycles. The van der Waals surface area contributed by atoms with Crippen LogP contribution in [0, 0.1) is 6.92 Å². The lowest BCUT2D eigenvalue weighted by molar-refractivity contribution is 0.533. The number of nitrogens with one attached hydrogen (secondary N) is 1. The fraction of sp³-hybridized carbons (Fsp3) is 0.400. The smallest absolute Gasteiger partial charge is 0.0847 e. The third kappa shape index (κ3) is 3.37. The van der Waals surface area contributed by atoms with Gasteiger partial charge in [-0.3, -0.25) is 4.68 Å². The Bertz CT molecular complexity index is 534. The normalized spacial score (nSPS) is 12.6. The van der Waals surface area contributed by atoms with E-state index >= 15 is 0 Å². The average molecular weight is 278 g/mol. The van der Waals surface area contributed by atoms with Gasteiger partial charge in [-0.15, -0.1) is 0 Å². The molecule has 1 aromatic heterocycles.